The second-order valence-corrected chi connectivity index (χ2v) is 6.51. The van der Waals surface area contributed by atoms with Crippen molar-refractivity contribution in [3.63, 3.8) is 0 Å². The molecule has 1 N–H and O–H groups in total. The molecule has 2 atom stereocenters. The number of pyridine rings is 2. The number of carbonyl (C=O) groups excluding carboxylic acids is 1. The van der Waals surface area contributed by atoms with Crippen LogP contribution in [0.15, 0.2) is 24.5 Å². The number of fused-ring (bicyclic) bond motifs is 4. The predicted molar refractivity (Wildman–Crippen MR) is 83.7 cm³/mol. The van der Waals surface area contributed by atoms with Crippen LogP contribution in [-0.2, 0) is 12.6 Å². The largest absolute Gasteiger partial charge is 0.433 e. The smallest absolute Gasteiger partial charge is 0.314 e. The fourth-order valence-corrected chi connectivity index (χ4v) is 3.80. The summed E-state index contributed by atoms with van der Waals surface area (Å²) in [4.78, 5) is 20.7. The van der Waals surface area contributed by atoms with Gasteiger partial charge in [0.15, 0.2) is 5.82 Å². The lowest BCUT2D eigenvalue weighted by molar-refractivity contribution is -0.141. The maximum absolute atomic E-state index is 13.9. The molecule has 0 aromatic carbocycles. The van der Waals surface area contributed by atoms with E-state index in [9.17, 15) is 26.7 Å². The number of carbonyl (C=O) groups is 1. The van der Waals surface area contributed by atoms with Gasteiger partial charge in [-0.25, -0.2) is 19.2 Å². The van der Waals surface area contributed by atoms with Crippen molar-refractivity contribution in [1.29, 1.82) is 0 Å². The van der Waals surface area contributed by atoms with Gasteiger partial charge in [-0.15, -0.1) is 0 Å². The molecule has 1 fully saturated rings. The number of anilines is 1. The van der Waals surface area contributed by atoms with Crippen molar-refractivity contribution in [1.82, 2.24) is 14.9 Å². The van der Waals surface area contributed by atoms with E-state index in [1.165, 1.54) is 11.1 Å². The Kier molecular flexibility index (Phi) is 4.01. The molecule has 1 saturated heterocycles. The van der Waals surface area contributed by atoms with Crippen molar-refractivity contribution in [2.24, 2.45) is 0 Å². The highest BCUT2D eigenvalue weighted by atomic mass is 19.4. The highest BCUT2D eigenvalue weighted by molar-refractivity contribution is 5.90. The van der Waals surface area contributed by atoms with Gasteiger partial charge in [0.25, 0.3) is 0 Å². The molecule has 2 bridgehead atoms. The summed E-state index contributed by atoms with van der Waals surface area (Å²) in [6.45, 7) is 0. The van der Waals surface area contributed by atoms with E-state index in [-0.39, 0.29) is 12.5 Å². The molecule has 0 spiro atoms. The second-order valence-electron chi connectivity index (χ2n) is 6.51. The number of rotatable bonds is 1. The lowest BCUT2D eigenvalue weighted by Crippen LogP contribution is -2.44. The van der Waals surface area contributed by atoms with Gasteiger partial charge in [0, 0.05) is 17.8 Å². The van der Waals surface area contributed by atoms with Crippen molar-refractivity contribution in [2.45, 2.75) is 37.5 Å². The molecular formula is C17H13F5N4O. The first-order chi connectivity index (χ1) is 12.8. The Morgan fingerprint density at radius 3 is 2.74 bits per heavy atom. The number of hydrogen-bond acceptors (Lipinski definition) is 3. The van der Waals surface area contributed by atoms with E-state index < -0.39 is 41.4 Å². The van der Waals surface area contributed by atoms with E-state index in [0.717, 1.165) is 0 Å². The molecule has 0 unspecified atom stereocenters. The summed E-state index contributed by atoms with van der Waals surface area (Å²) >= 11 is 0. The summed E-state index contributed by atoms with van der Waals surface area (Å²) in [5, 5.41) is 2.20. The Labute approximate surface area is 150 Å². The number of halogens is 5. The quantitative estimate of drug-likeness (QED) is 0.596. The molecule has 2 aromatic heterocycles. The molecule has 2 aliphatic heterocycles. The summed E-state index contributed by atoms with van der Waals surface area (Å²) in [7, 11) is 0. The molecule has 2 amide bonds. The van der Waals surface area contributed by atoms with Gasteiger partial charge in [-0.3, -0.25) is 0 Å². The highest BCUT2D eigenvalue weighted by Crippen LogP contribution is 2.44. The van der Waals surface area contributed by atoms with Crippen LogP contribution < -0.4 is 5.32 Å². The number of nitrogens with zero attached hydrogens (tertiary/aromatic N) is 3. The zero-order chi connectivity index (χ0) is 19.3. The van der Waals surface area contributed by atoms with Gasteiger partial charge >= 0.3 is 12.2 Å². The maximum Gasteiger partial charge on any atom is 0.433 e. The number of urea groups is 1. The molecule has 4 heterocycles. The first-order valence-electron chi connectivity index (χ1n) is 8.21. The summed E-state index contributed by atoms with van der Waals surface area (Å²) in [6.07, 6.45) is -1.59. The maximum atomic E-state index is 13.9. The summed E-state index contributed by atoms with van der Waals surface area (Å²) in [5.41, 5.74) is -0.839. The average molecular weight is 384 g/mol. The standard InChI is InChI=1S/C17H13F5N4O/c18-11-7-24-14(17(20,21)22)6-12(11)25-16(27)26-8-1-2-13(26)9-3-4-23-15(19)10(9)5-8/h3-4,6-8,13H,1-2,5H2,(H,24,25,27)/t8-,13+/m1/s1. The third kappa shape index (κ3) is 2.98. The van der Waals surface area contributed by atoms with Crippen molar-refractivity contribution < 1.29 is 26.7 Å². The van der Waals surface area contributed by atoms with Crippen LogP contribution >= 0.6 is 0 Å². The fraction of sp³-hybridized carbons (Fsp3) is 0.353. The topological polar surface area (TPSA) is 58.1 Å². The number of aromatic nitrogens is 2. The molecule has 2 aliphatic rings. The summed E-state index contributed by atoms with van der Waals surface area (Å²) in [5.74, 6) is -1.66. The van der Waals surface area contributed by atoms with Crippen molar-refractivity contribution in [3.8, 4) is 0 Å². The van der Waals surface area contributed by atoms with Crippen LogP contribution in [0.4, 0.5) is 32.4 Å². The van der Waals surface area contributed by atoms with E-state index in [4.69, 9.17) is 0 Å². The van der Waals surface area contributed by atoms with Crippen molar-refractivity contribution in [3.05, 3.63) is 53.1 Å². The number of amides is 2. The lowest BCUT2D eigenvalue weighted by atomic mass is 9.95. The first kappa shape index (κ1) is 17.6. The van der Waals surface area contributed by atoms with Crippen molar-refractivity contribution >= 4 is 11.7 Å². The monoisotopic (exact) mass is 384 g/mol. The molecule has 10 heteroatoms. The van der Waals surface area contributed by atoms with Gasteiger partial charge in [-0.1, -0.05) is 0 Å². The molecule has 142 valence electrons. The minimum Gasteiger partial charge on any atom is -0.314 e. The number of hydrogen-bond donors (Lipinski definition) is 1. The summed E-state index contributed by atoms with van der Waals surface area (Å²) in [6, 6.07) is 0.594. The van der Waals surface area contributed by atoms with Gasteiger partial charge < -0.3 is 10.2 Å². The molecular weight excluding hydrogens is 371 g/mol. The molecule has 0 aliphatic carbocycles. The molecule has 27 heavy (non-hydrogen) atoms. The molecule has 0 radical (unpaired) electrons. The Hall–Kier alpha value is -2.78. The van der Waals surface area contributed by atoms with Crippen LogP contribution in [0.1, 0.15) is 35.7 Å². The van der Waals surface area contributed by atoms with E-state index in [1.54, 1.807) is 6.07 Å². The van der Waals surface area contributed by atoms with E-state index >= 15 is 0 Å². The molecule has 2 aromatic rings. The van der Waals surface area contributed by atoms with Gasteiger partial charge in [0.2, 0.25) is 5.95 Å². The summed E-state index contributed by atoms with van der Waals surface area (Å²) < 4.78 is 66.1. The zero-order valence-electron chi connectivity index (χ0n) is 13.7. The Morgan fingerprint density at radius 2 is 2.00 bits per heavy atom. The minimum atomic E-state index is -4.76. The second kappa shape index (κ2) is 6.14. The van der Waals surface area contributed by atoms with E-state index in [1.807, 2.05) is 0 Å². The third-order valence-corrected chi connectivity index (χ3v) is 4.96. The molecule has 5 nitrogen and oxygen atoms in total. The predicted octanol–water partition coefficient (Wildman–Crippen LogP) is 4.07. The SMILES string of the molecule is O=C(Nc1cc(C(F)(F)F)ncc1F)N1[C@@H]2CC[C@H]1c1ccnc(F)c1C2. The Morgan fingerprint density at radius 1 is 1.22 bits per heavy atom. The first-order valence-corrected chi connectivity index (χ1v) is 8.21. The normalized spacial score (nSPS) is 21.1. The van der Waals surface area contributed by atoms with Crippen LogP contribution in [0.25, 0.3) is 0 Å². The van der Waals surface area contributed by atoms with E-state index in [0.29, 0.717) is 36.2 Å². The van der Waals surface area contributed by atoms with Crippen molar-refractivity contribution in [2.75, 3.05) is 5.32 Å². The van der Waals surface area contributed by atoms with Crippen LogP contribution in [0, 0.1) is 11.8 Å². The van der Waals surface area contributed by atoms with Gasteiger partial charge in [0.05, 0.1) is 17.9 Å². The zero-order valence-corrected chi connectivity index (χ0v) is 13.7. The van der Waals surface area contributed by atoms with Crippen LogP contribution in [0.3, 0.4) is 0 Å². The Bertz CT molecular complexity index is 917. The third-order valence-electron chi connectivity index (χ3n) is 4.96. The lowest BCUT2D eigenvalue weighted by Gasteiger charge is -2.36. The van der Waals surface area contributed by atoms with Crippen LogP contribution in [-0.4, -0.2) is 26.9 Å². The number of nitrogens with one attached hydrogen (secondary N) is 1. The van der Waals surface area contributed by atoms with E-state index in [2.05, 4.69) is 15.3 Å². The minimum absolute atomic E-state index is 0.256. The average Bonchev–Trinajstić information content (AvgIpc) is 2.92. The molecule has 4 rings (SSSR count). The molecule has 0 saturated carbocycles. The highest BCUT2D eigenvalue weighted by Gasteiger charge is 2.44. The van der Waals surface area contributed by atoms with Gasteiger partial charge in [-0.2, -0.15) is 17.6 Å². The van der Waals surface area contributed by atoms with Gasteiger partial charge in [0.1, 0.15) is 5.69 Å². The Balaban J connectivity index is 1.62. The van der Waals surface area contributed by atoms with Gasteiger partial charge in [-0.05, 0) is 37.0 Å². The number of alkyl halides is 3. The van der Waals surface area contributed by atoms with Crippen LogP contribution in [0.2, 0.25) is 0 Å². The van der Waals surface area contributed by atoms with Crippen LogP contribution in [0.5, 0.6) is 0 Å². The fourth-order valence-electron chi connectivity index (χ4n) is 3.80.